The minimum Gasteiger partial charge on any atom is -0.481 e. The molecule has 0 amide bonds. The fourth-order valence-corrected chi connectivity index (χ4v) is 1.92. The maximum atomic E-state index is 10.8. The molecule has 16 heavy (non-hydrogen) atoms. The molecule has 1 saturated heterocycles. The van der Waals surface area contributed by atoms with Crippen molar-refractivity contribution in [1.29, 1.82) is 0 Å². The zero-order chi connectivity index (χ0) is 11.5. The molecule has 2 heterocycles. The monoisotopic (exact) mass is 223 g/mol. The lowest BCUT2D eigenvalue weighted by atomic mass is 9.97. The summed E-state index contributed by atoms with van der Waals surface area (Å²) in [7, 11) is 0. The highest BCUT2D eigenvalue weighted by atomic mass is 16.4. The quantitative estimate of drug-likeness (QED) is 0.784. The van der Waals surface area contributed by atoms with Crippen LogP contribution in [0.25, 0.3) is 0 Å². The van der Waals surface area contributed by atoms with Gasteiger partial charge in [-0.2, -0.15) is 0 Å². The Labute approximate surface area is 92.7 Å². The summed E-state index contributed by atoms with van der Waals surface area (Å²) in [5, 5.41) is 8.85. The van der Waals surface area contributed by atoms with E-state index >= 15 is 0 Å². The number of carbonyl (C=O) groups is 2. The third-order valence-electron chi connectivity index (χ3n) is 2.88. The van der Waals surface area contributed by atoms with Crippen molar-refractivity contribution in [2.45, 2.75) is 12.8 Å². The predicted molar refractivity (Wildman–Crippen MR) is 56.7 cm³/mol. The van der Waals surface area contributed by atoms with Gasteiger partial charge in [0.15, 0.2) is 17.9 Å². The average Bonchev–Trinajstić information content (AvgIpc) is 2.77. The standard InChI is InChI=1S/C11H13NO4/c13-7-9-1-2-10(16-9)12-5-3-8(4-6-12)11(14)15/h1-2,7-8H,3-6H2,(H,14,15). The maximum absolute atomic E-state index is 10.8. The number of carboxylic acid groups (broad SMARTS) is 1. The number of aliphatic carboxylic acids is 1. The molecule has 0 bridgehead atoms. The summed E-state index contributed by atoms with van der Waals surface area (Å²) in [6.07, 6.45) is 1.90. The van der Waals surface area contributed by atoms with Crippen molar-refractivity contribution >= 4 is 18.1 Å². The number of nitrogens with zero attached hydrogens (tertiary/aromatic N) is 1. The summed E-state index contributed by atoms with van der Waals surface area (Å²) < 4.78 is 5.28. The second kappa shape index (κ2) is 4.38. The molecule has 86 valence electrons. The highest BCUT2D eigenvalue weighted by Crippen LogP contribution is 2.24. The molecule has 1 fully saturated rings. The van der Waals surface area contributed by atoms with Gasteiger partial charge in [0.1, 0.15) is 0 Å². The average molecular weight is 223 g/mol. The smallest absolute Gasteiger partial charge is 0.306 e. The summed E-state index contributed by atoms with van der Waals surface area (Å²) in [5.41, 5.74) is 0. The predicted octanol–water partition coefficient (Wildman–Crippen LogP) is 1.39. The van der Waals surface area contributed by atoms with E-state index in [4.69, 9.17) is 9.52 Å². The lowest BCUT2D eigenvalue weighted by Crippen LogP contribution is -2.36. The molecule has 5 heteroatoms. The van der Waals surface area contributed by atoms with Crippen LogP contribution in [0.2, 0.25) is 0 Å². The molecule has 0 spiro atoms. The first-order chi connectivity index (χ1) is 7.70. The highest BCUT2D eigenvalue weighted by Gasteiger charge is 2.25. The first-order valence-electron chi connectivity index (χ1n) is 5.23. The molecule has 2 rings (SSSR count). The minimum absolute atomic E-state index is 0.253. The van der Waals surface area contributed by atoms with E-state index in [1.807, 2.05) is 4.90 Å². The van der Waals surface area contributed by atoms with E-state index in [0.29, 0.717) is 43.9 Å². The van der Waals surface area contributed by atoms with Gasteiger partial charge < -0.3 is 14.4 Å². The highest BCUT2D eigenvalue weighted by molar-refractivity contribution is 5.72. The topological polar surface area (TPSA) is 70.8 Å². The van der Waals surface area contributed by atoms with Gasteiger partial charge in [0.25, 0.3) is 0 Å². The lowest BCUT2D eigenvalue weighted by molar-refractivity contribution is -0.142. The van der Waals surface area contributed by atoms with Crippen molar-refractivity contribution in [3.63, 3.8) is 0 Å². The Balaban J connectivity index is 1.98. The van der Waals surface area contributed by atoms with Crippen LogP contribution in [0.15, 0.2) is 16.5 Å². The molecule has 0 saturated carbocycles. The molecule has 0 atom stereocenters. The summed E-state index contributed by atoms with van der Waals surface area (Å²) in [4.78, 5) is 23.2. The van der Waals surface area contributed by atoms with Gasteiger partial charge in [-0.3, -0.25) is 9.59 Å². The Morgan fingerprint density at radius 2 is 2.12 bits per heavy atom. The van der Waals surface area contributed by atoms with Crippen LogP contribution in [0, 0.1) is 5.92 Å². The zero-order valence-corrected chi connectivity index (χ0v) is 8.76. The van der Waals surface area contributed by atoms with E-state index in [1.54, 1.807) is 12.1 Å². The largest absolute Gasteiger partial charge is 0.481 e. The molecular weight excluding hydrogens is 210 g/mol. The molecule has 1 aromatic heterocycles. The normalized spacial score (nSPS) is 17.4. The third-order valence-corrected chi connectivity index (χ3v) is 2.88. The van der Waals surface area contributed by atoms with Crippen LogP contribution in [0.4, 0.5) is 5.88 Å². The Morgan fingerprint density at radius 3 is 2.62 bits per heavy atom. The van der Waals surface area contributed by atoms with Crippen molar-refractivity contribution in [3.05, 3.63) is 17.9 Å². The van der Waals surface area contributed by atoms with E-state index in [2.05, 4.69) is 0 Å². The van der Waals surface area contributed by atoms with Crippen molar-refractivity contribution in [2.75, 3.05) is 18.0 Å². The van der Waals surface area contributed by atoms with Gasteiger partial charge in [0.2, 0.25) is 0 Å². The summed E-state index contributed by atoms with van der Waals surface area (Å²) >= 11 is 0. The van der Waals surface area contributed by atoms with Gasteiger partial charge in [0, 0.05) is 19.2 Å². The number of aldehydes is 1. The Morgan fingerprint density at radius 1 is 1.44 bits per heavy atom. The molecule has 0 radical (unpaired) electrons. The van der Waals surface area contributed by atoms with Crippen molar-refractivity contribution < 1.29 is 19.1 Å². The summed E-state index contributed by atoms with van der Waals surface area (Å²) in [6.45, 7) is 1.31. The number of carbonyl (C=O) groups excluding carboxylic acids is 1. The van der Waals surface area contributed by atoms with Crippen molar-refractivity contribution in [2.24, 2.45) is 5.92 Å². The van der Waals surface area contributed by atoms with E-state index in [-0.39, 0.29) is 5.92 Å². The molecule has 0 aromatic carbocycles. The summed E-state index contributed by atoms with van der Waals surface area (Å²) in [6, 6.07) is 3.36. The maximum Gasteiger partial charge on any atom is 0.306 e. The first-order valence-corrected chi connectivity index (χ1v) is 5.23. The molecular formula is C11H13NO4. The number of piperidine rings is 1. The minimum atomic E-state index is -0.729. The molecule has 1 aliphatic rings. The summed E-state index contributed by atoms with van der Waals surface area (Å²) in [5.74, 6) is -0.0364. The molecule has 1 N–H and O–H groups in total. The van der Waals surface area contributed by atoms with Crippen molar-refractivity contribution in [3.8, 4) is 0 Å². The van der Waals surface area contributed by atoms with E-state index < -0.39 is 5.97 Å². The van der Waals surface area contributed by atoms with Crippen LogP contribution in [0.5, 0.6) is 0 Å². The van der Waals surface area contributed by atoms with Gasteiger partial charge in [-0.05, 0) is 18.9 Å². The van der Waals surface area contributed by atoms with Gasteiger partial charge in [0.05, 0.1) is 5.92 Å². The van der Waals surface area contributed by atoms with Crippen LogP contribution < -0.4 is 4.90 Å². The lowest BCUT2D eigenvalue weighted by Gasteiger charge is -2.29. The first kappa shape index (κ1) is 10.7. The zero-order valence-electron chi connectivity index (χ0n) is 8.76. The Hall–Kier alpha value is -1.78. The van der Waals surface area contributed by atoms with Crippen LogP contribution in [0.3, 0.4) is 0 Å². The van der Waals surface area contributed by atoms with Gasteiger partial charge in [-0.15, -0.1) is 0 Å². The number of hydrogen-bond donors (Lipinski definition) is 1. The fourth-order valence-electron chi connectivity index (χ4n) is 1.92. The van der Waals surface area contributed by atoms with E-state index in [0.717, 1.165) is 0 Å². The molecule has 1 aromatic rings. The van der Waals surface area contributed by atoms with Gasteiger partial charge >= 0.3 is 5.97 Å². The Bertz CT molecular complexity index is 390. The fraction of sp³-hybridized carbons (Fsp3) is 0.455. The van der Waals surface area contributed by atoms with Gasteiger partial charge in [-0.25, -0.2) is 0 Å². The van der Waals surface area contributed by atoms with Gasteiger partial charge in [-0.1, -0.05) is 0 Å². The second-order valence-electron chi connectivity index (χ2n) is 3.89. The third kappa shape index (κ3) is 2.08. The Kier molecular flexibility index (Phi) is 2.94. The van der Waals surface area contributed by atoms with Crippen LogP contribution in [-0.2, 0) is 4.79 Å². The number of anilines is 1. The van der Waals surface area contributed by atoms with Crippen LogP contribution in [0.1, 0.15) is 23.4 Å². The molecule has 0 aliphatic carbocycles. The number of rotatable bonds is 3. The van der Waals surface area contributed by atoms with E-state index in [1.165, 1.54) is 0 Å². The second-order valence-corrected chi connectivity index (χ2v) is 3.89. The number of furan rings is 1. The SMILES string of the molecule is O=Cc1ccc(N2CCC(C(=O)O)CC2)o1. The van der Waals surface area contributed by atoms with Crippen molar-refractivity contribution in [1.82, 2.24) is 0 Å². The van der Waals surface area contributed by atoms with E-state index in [9.17, 15) is 9.59 Å². The van der Waals surface area contributed by atoms with Crippen LogP contribution in [-0.4, -0.2) is 30.5 Å². The molecule has 1 aliphatic heterocycles. The number of hydrogen-bond acceptors (Lipinski definition) is 4. The van der Waals surface area contributed by atoms with Crippen LogP contribution >= 0.6 is 0 Å². The molecule has 0 unspecified atom stereocenters. The number of carboxylic acids is 1. The molecule has 5 nitrogen and oxygen atoms in total.